The molecule has 3 aromatic rings. The first-order valence-corrected chi connectivity index (χ1v) is 8.51. The standard InChI is InChI=1S/C20H20N2O4/c1-24-14-5-3-13(4-6-14)20(9-10-20)19(23)21-12-18-22-16-11-15(25-2)7-8-17(16)26-18/h3-8,11H,9-10,12H2,1-2H3,(H,21,23). The van der Waals surface area contributed by atoms with E-state index in [9.17, 15) is 4.79 Å². The van der Waals surface area contributed by atoms with Gasteiger partial charge in [0.05, 0.1) is 26.2 Å². The molecule has 1 aromatic heterocycles. The number of hydrogen-bond donors (Lipinski definition) is 1. The van der Waals surface area contributed by atoms with Crippen LogP contribution in [0, 0.1) is 0 Å². The van der Waals surface area contributed by atoms with Crippen molar-refractivity contribution in [3.05, 3.63) is 53.9 Å². The average molecular weight is 352 g/mol. The van der Waals surface area contributed by atoms with E-state index in [1.807, 2.05) is 42.5 Å². The van der Waals surface area contributed by atoms with E-state index in [2.05, 4.69) is 10.3 Å². The second-order valence-electron chi connectivity index (χ2n) is 6.43. The number of nitrogens with zero attached hydrogens (tertiary/aromatic N) is 1. The van der Waals surface area contributed by atoms with Gasteiger partial charge in [0.1, 0.15) is 17.0 Å². The number of benzene rings is 2. The van der Waals surface area contributed by atoms with Crippen LogP contribution in [0.4, 0.5) is 0 Å². The number of hydrogen-bond acceptors (Lipinski definition) is 5. The molecule has 0 unspecified atom stereocenters. The summed E-state index contributed by atoms with van der Waals surface area (Å²) in [5, 5.41) is 2.96. The molecule has 0 aliphatic heterocycles. The van der Waals surface area contributed by atoms with Gasteiger partial charge in [-0.25, -0.2) is 4.98 Å². The third-order valence-electron chi connectivity index (χ3n) is 4.87. The lowest BCUT2D eigenvalue weighted by molar-refractivity contribution is -0.123. The van der Waals surface area contributed by atoms with Crippen LogP contribution in [-0.4, -0.2) is 25.1 Å². The van der Waals surface area contributed by atoms with Crippen molar-refractivity contribution in [3.8, 4) is 11.5 Å². The fraction of sp³-hybridized carbons (Fsp3) is 0.300. The SMILES string of the molecule is COc1ccc(C2(C(=O)NCc3nc4cc(OC)ccc4o3)CC2)cc1. The summed E-state index contributed by atoms with van der Waals surface area (Å²) in [6, 6.07) is 13.1. The second kappa shape index (κ2) is 6.37. The molecule has 1 saturated carbocycles. The molecule has 4 rings (SSSR count). The van der Waals surface area contributed by atoms with Gasteiger partial charge in [0.15, 0.2) is 5.58 Å². The molecule has 6 nitrogen and oxygen atoms in total. The lowest BCUT2D eigenvalue weighted by atomic mass is 9.95. The molecule has 1 aliphatic carbocycles. The average Bonchev–Trinajstić information content (AvgIpc) is 3.39. The van der Waals surface area contributed by atoms with E-state index in [1.165, 1.54) is 0 Å². The Kier molecular flexibility index (Phi) is 4.03. The van der Waals surface area contributed by atoms with Crippen LogP contribution in [0.5, 0.6) is 11.5 Å². The molecular weight excluding hydrogens is 332 g/mol. The smallest absolute Gasteiger partial charge is 0.231 e. The first-order valence-electron chi connectivity index (χ1n) is 8.51. The lowest BCUT2D eigenvalue weighted by Crippen LogP contribution is -2.34. The number of ether oxygens (including phenoxy) is 2. The number of amides is 1. The van der Waals surface area contributed by atoms with Crippen LogP contribution in [0.2, 0.25) is 0 Å². The van der Waals surface area contributed by atoms with Crippen molar-refractivity contribution < 1.29 is 18.7 Å². The number of rotatable bonds is 6. The topological polar surface area (TPSA) is 73.6 Å². The fourth-order valence-electron chi connectivity index (χ4n) is 3.16. The minimum atomic E-state index is -0.443. The van der Waals surface area contributed by atoms with Gasteiger partial charge in [-0.2, -0.15) is 0 Å². The molecule has 1 aliphatic rings. The summed E-state index contributed by atoms with van der Waals surface area (Å²) in [4.78, 5) is 17.2. The van der Waals surface area contributed by atoms with Crippen LogP contribution in [0.3, 0.4) is 0 Å². The summed E-state index contributed by atoms with van der Waals surface area (Å²) in [6.45, 7) is 0.258. The van der Waals surface area contributed by atoms with Gasteiger partial charge in [-0.3, -0.25) is 4.79 Å². The van der Waals surface area contributed by atoms with Crippen molar-refractivity contribution in [1.82, 2.24) is 10.3 Å². The quantitative estimate of drug-likeness (QED) is 0.737. The van der Waals surface area contributed by atoms with Crippen LogP contribution >= 0.6 is 0 Å². The molecule has 1 N–H and O–H groups in total. The Labute approximate surface area is 151 Å². The summed E-state index contributed by atoms with van der Waals surface area (Å²) in [5.74, 6) is 1.99. The molecule has 1 heterocycles. The molecule has 1 fully saturated rings. The molecular formula is C20H20N2O4. The van der Waals surface area contributed by atoms with Gasteiger partial charge in [0.25, 0.3) is 0 Å². The van der Waals surface area contributed by atoms with Gasteiger partial charge >= 0.3 is 0 Å². The molecule has 1 amide bonds. The van der Waals surface area contributed by atoms with Crippen molar-refractivity contribution in [1.29, 1.82) is 0 Å². The minimum absolute atomic E-state index is 0.00232. The zero-order valence-electron chi connectivity index (χ0n) is 14.7. The van der Waals surface area contributed by atoms with Gasteiger partial charge in [-0.05, 0) is 42.7 Å². The molecule has 134 valence electrons. The highest BCUT2D eigenvalue weighted by Crippen LogP contribution is 2.48. The monoisotopic (exact) mass is 352 g/mol. The Bertz CT molecular complexity index is 942. The van der Waals surface area contributed by atoms with E-state index in [-0.39, 0.29) is 12.5 Å². The lowest BCUT2D eigenvalue weighted by Gasteiger charge is -2.15. The van der Waals surface area contributed by atoms with Crippen LogP contribution in [0.15, 0.2) is 46.9 Å². The van der Waals surface area contributed by atoms with E-state index in [4.69, 9.17) is 13.9 Å². The summed E-state index contributed by atoms with van der Waals surface area (Å²) in [6.07, 6.45) is 1.69. The zero-order valence-corrected chi connectivity index (χ0v) is 14.7. The normalized spacial score (nSPS) is 14.8. The van der Waals surface area contributed by atoms with E-state index in [0.29, 0.717) is 17.0 Å². The Balaban J connectivity index is 1.46. The second-order valence-corrected chi connectivity index (χ2v) is 6.43. The Hall–Kier alpha value is -3.02. The van der Waals surface area contributed by atoms with Crippen molar-refractivity contribution >= 4 is 17.0 Å². The van der Waals surface area contributed by atoms with Gasteiger partial charge in [-0.1, -0.05) is 12.1 Å². The predicted octanol–water partition coefficient (Wildman–Crippen LogP) is 3.19. The number of aromatic nitrogens is 1. The Morgan fingerprint density at radius 3 is 2.46 bits per heavy atom. The molecule has 0 spiro atoms. The van der Waals surface area contributed by atoms with Gasteiger partial charge < -0.3 is 19.2 Å². The van der Waals surface area contributed by atoms with Crippen molar-refractivity contribution in [2.75, 3.05) is 14.2 Å². The highest BCUT2D eigenvalue weighted by Gasteiger charge is 2.51. The maximum atomic E-state index is 12.7. The van der Waals surface area contributed by atoms with Crippen molar-refractivity contribution in [3.63, 3.8) is 0 Å². The van der Waals surface area contributed by atoms with E-state index < -0.39 is 5.41 Å². The molecule has 0 bridgehead atoms. The third-order valence-corrected chi connectivity index (χ3v) is 4.87. The summed E-state index contributed by atoms with van der Waals surface area (Å²) in [7, 11) is 3.24. The van der Waals surface area contributed by atoms with E-state index in [1.54, 1.807) is 14.2 Å². The summed E-state index contributed by atoms with van der Waals surface area (Å²) >= 11 is 0. The van der Waals surface area contributed by atoms with Gasteiger partial charge in [0.2, 0.25) is 11.8 Å². The van der Waals surface area contributed by atoms with Crippen molar-refractivity contribution in [2.24, 2.45) is 0 Å². The molecule has 26 heavy (non-hydrogen) atoms. The molecule has 2 aromatic carbocycles. The van der Waals surface area contributed by atoms with E-state index in [0.717, 1.165) is 29.9 Å². The maximum absolute atomic E-state index is 12.7. The largest absolute Gasteiger partial charge is 0.497 e. The van der Waals surface area contributed by atoms with E-state index >= 15 is 0 Å². The fourth-order valence-corrected chi connectivity index (χ4v) is 3.16. The van der Waals surface area contributed by atoms with Gasteiger partial charge in [0, 0.05) is 6.07 Å². The number of oxazole rings is 1. The molecule has 0 saturated heterocycles. The zero-order chi connectivity index (χ0) is 18.1. The number of carbonyl (C=O) groups is 1. The number of fused-ring (bicyclic) bond motifs is 1. The number of carbonyl (C=O) groups excluding carboxylic acids is 1. The Morgan fingerprint density at radius 2 is 1.81 bits per heavy atom. The van der Waals surface area contributed by atoms with Gasteiger partial charge in [-0.15, -0.1) is 0 Å². The number of nitrogens with one attached hydrogen (secondary N) is 1. The first kappa shape index (κ1) is 16.4. The first-order chi connectivity index (χ1) is 12.6. The minimum Gasteiger partial charge on any atom is -0.497 e. The molecule has 0 atom stereocenters. The number of methoxy groups -OCH3 is 2. The summed E-state index contributed by atoms with van der Waals surface area (Å²) < 4.78 is 16.1. The maximum Gasteiger partial charge on any atom is 0.231 e. The summed E-state index contributed by atoms with van der Waals surface area (Å²) in [5.41, 5.74) is 1.95. The van der Waals surface area contributed by atoms with Crippen LogP contribution in [0.25, 0.3) is 11.1 Å². The highest BCUT2D eigenvalue weighted by atomic mass is 16.5. The predicted molar refractivity (Wildman–Crippen MR) is 96.3 cm³/mol. The Morgan fingerprint density at radius 1 is 1.12 bits per heavy atom. The van der Waals surface area contributed by atoms with Crippen molar-refractivity contribution in [2.45, 2.75) is 24.8 Å². The molecule has 6 heteroatoms. The molecule has 0 radical (unpaired) electrons. The third kappa shape index (κ3) is 2.87. The van der Waals surface area contributed by atoms with Crippen LogP contribution < -0.4 is 14.8 Å². The van der Waals surface area contributed by atoms with Crippen LogP contribution in [0.1, 0.15) is 24.3 Å². The van der Waals surface area contributed by atoms with Crippen LogP contribution in [-0.2, 0) is 16.8 Å². The highest BCUT2D eigenvalue weighted by molar-refractivity contribution is 5.91.